The van der Waals surface area contributed by atoms with Crippen LogP contribution in [-0.4, -0.2) is 61.6 Å². The summed E-state index contributed by atoms with van der Waals surface area (Å²) in [6.07, 6.45) is 4.57. The van der Waals surface area contributed by atoms with E-state index in [1.165, 1.54) is 10.9 Å². The number of aryl methyl sites for hydroxylation is 1. The summed E-state index contributed by atoms with van der Waals surface area (Å²) in [4.78, 5) is 2.53. The van der Waals surface area contributed by atoms with Gasteiger partial charge in [-0.3, -0.25) is 0 Å². The topological polar surface area (TPSA) is 35.9 Å². The third-order valence-corrected chi connectivity index (χ3v) is 5.31. The summed E-state index contributed by atoms with van der Waals surface area (Å²) in [6.45, 7) is 6.37. The van der Waals surface area contributed by atoms with Crippen molar-refractivity contribution in [2.24, 2.45) is 13.0 Å². The van der Waals surface area contributed by atoms with Crippen LogP contribution in [0.2, 0.25) is 0 Å². The SMILES string of the molecule is Cn1ccc2c(OC3CCN(CC4COCCOC4)CC3)cccc21. The number of fused-ring (bicyclic) bond motifs is 1. The van der Waals surface area contributed by atoms with Crippen molar-refractivity contribution in [2.75, 3.05) is 46.1 Å². The van der Waals surface area contributed by atoms with E-state index in [0.717, 1.165) is 64.7 Å². The molecule has 0 radical (unpaired) electrons. The highest BCUT2D eigenvalue weighted by Crippen LogP contribution is 2.28. The van der Waals surface area contributed by atoms with Gasteiger partial charge in [0.1, 0.15) is 11.9 Å². The van der Waals surface area contributed by atoms with Crippen molar-refractivity contribution in [3.8, 4) is 5.75 Å². The molecule has 0 saturated carbocycles. The van der Waals surface area contributed by atoms with Gasteiger partial charge >= 0.3 is 0 Å². The number of rotatable bonds is 4. The predicted molar refractivity (Wildman–Crippen MR) is 98.1 cm³/mol. The molecule has 1 aromatic carbocycles. The lowest BCUT2D eigenvalue weighted by Crippen LogP contribution is -2.42. The van der Waals surface area contributed by atoms with Crippen LogP contribution in [0.1, 0.15) is 12.8 Å². The summed E-state index contributed by atoms with van der Waals surface area (Å²) >= 11 is 0. The van der Waals surface area contributed by atoms with Gasteiger partial charge in [-0.05, 0) is 31.0 Å². The van der Waals surface area contributed by atoms with Gasteiger partial charge in [0.2, 0.25) is 0 Å². The number of hydrogen-bond donors (Lipinski definition) is 0. The molecule has 5 heteroatoms. The Hall–Kier alpha value is -1.56. The maximum absolute atomic E-state index is 6.35. The Balaban J connectivity index is 1.31. The van der Waals surface area contributed by atoms with Gasteiger partial charge in [-0.25, -0.2) is 0 Å². The number of hydrogen-bond acceptors (Lipinski definition) is 4. The molecule has 0 N–H and O–H groups in total. The Morgan fingerprint density at radius 1 is 1.08 bits per heavy atom. The molecule has 2 aromatic rings. The number of nitrogens with zero attached hydrogens (tertiary/aromatic N) is 2. The van der Waals surface area contributed by atoms with E-state index in [1.54, 1.807) is 0 Å². The maximum atomic E-state index is 6.35. The van der Waals surface area contributed by atoms with Crippen molar-refractivity contribution in [2.45, 2.75) is 18.9 Å². The minimum Gasteiger partial charge on any atom is -0.490 e. The van der Waals surface area contributed by atoms with Crippen LogP contribution >= 0.6 is 0 Å². The second-order valence-corrected chi connectivity index (χ2v) is 7.25. The van der Waals surface area contributed by atoms with E-state index in [0.29, 0.717) is 12.0 Å². The van der Waals surface area contributed by atoms with Crippen molar-refractivity contribution in [3.63, 3.8) is 0 Å². The minimum absolute atomic E-state index is 0.309. The highest BCUT2D eigenvalue weighted by Gasteiger charge is 2.24. The standard InChI is InChI=1S/C20H28N2O3/c1-21-8-7-18-19(21)3-2-4-20(18)25-17-5-9-22(10-6-17)13-16-14-23-11-12-24-15-16/h2-4,7-8,16-17H,5-6,9-15H2,1H3. The fraction of sp³-hybridized carbons (Fsp3) is 0.600. The largest absolute Gasteiger partial charge is 0.490 e. The molecule has 2 aliphatic heterocycles. The van der Waals surface area contributed by atoms with Gasteiger partial charge in [0.25, 0.3) is 0 Å². The molecule has 0 aliphatic carbocycles. The monoisotopic (exact) mass is 344 g/mol. The second kappa shape index (κ2) is 7.77. The highest BCUT2D eigenvalue weighted by atomic mass is 16.5. The zero-order valence-electron chi connectivity index (χ0n) is 15.0. The fourth-order valence-corrected chi connectivity index (χ4v) is 3.90. The first-order valence-corrected chi connectivity index (χ1v) is 9.38. The maximum Gasteiger partial charge on any atom is 0.129 e. The number of benzene rings is 1. The lowest BCUT2D eigenvalue weighted by atomic mass is 10.0. The molecule has 0 amide bonds. The number of aromatic nitrogens is 1. The molecule has 0 atom stereocenters. The number of ether oxygens (including phenoxy) is 3. The first-order valence-electron chi connectivity index (χ1n) is 9.38. The predicted octanol–water partition coefficient (Wildman–Crippen LogP) is 2.68. The summed E-state index contributed by atoms with van der Waals surface area (Å²) in [6, 6.07) is 8.46. The Kier molecular flexibility index (Phi) is 5.25. The molecule has 5 nitrogen and oxygen atoms in total. The van der Waals surface area contributed by atoms with Crippen LogP contribution in [0.15, 0.2) is 30.5 Å². The van der Waals surface area contributed by atoms with Crippen LogP contribution in [0.3, 0.4) is 0 Å². The molecule has 2 fully saturated rings. The Bertz CT molecular complexity index is 683. The molecule has 2 saturated heterocycles. The van der Waals surface area contributed by atoms with Crippen molar-refractivity contribution in [1.82, 2.24) is 9.47 Å². The molecule has 0 spiro atoms. The van der Waals surface area contributed by atoms with Crippen molar-refractivity contribution < 1.29 is 14.2 Å². The van der Waals surface area contributed by atoms with Crippen LogP contribution in [-0.2, 0) is 16.5 Å². The van der Waals surface area contributed by atoms with E-state index >= 15 is 0 Å². The van der Waals surface area contributed by atoms with E-state index in [1.807, 2.05) is 0 Å². The number of likely N-dealkylation sites (tertiary alicyclic amines) is 1. The van der Waals surface area contributed by atoms with Gasteiger partial charge in [-0.15, -0.1) is 0 Å². The molecular weight excluding hydrogens is 316 g/mol. The quantitative estimate of drug-likeness (QED) is 0.854. The van der Waals surface area contributed by atoms with E-state index in [9.17, 15) is 0 Å². The summed E-state index contributed by atoms with van der Waals surface area (Å²) < 4.78 is 19.7. The van der Waals surface area contributed by atoms with Crippen molar-refractivity contribution in [1.29, 1.82) is 0 Å². The normalized spacial score (nSPS) is 21.5. The molecule has 2 aliphatic rings. The van der Waals surface area contributed by atoms with Gasteiger partial charge in [-0.1, -0.05) is 6.07 Å². The second-order valence-electron chi connectivity index (χ2n) is 7.25. The molecule has 3 heterocycles. The Labute approximate surface area is 149 Å². The van der Waals surface area contributed by atoms with Crippen LogP contribution in [0.25, 0.3) is 10.9 Å². The highest BCUT2D eigenvalue weighted by molar-refractivity contribution is 5.86. The minimum atomic E-state index is 0.309. The first-order chi connectivity index (χ1) is 12.3. The Morgan fingerprint density at radius 3 is 2.60 bits per heavy atom. The smallest absolute Gasteiger partial charge is 0.129 e. The van der Waals surface area contributed by atoms with Gasteiger partial charge in [0.15, 0.2) is 0 Å². The lowest BCUT2D eigenvalue weighted by molar-refractivity contribution is 0.0642. The van der Waals surface area contributed by atoms with E-state index in [2.05, 4.69) is 47.0 Å². The number of piperidine rings is 1. The van der Waals surface area contributed by atoms with Crippen LogP contribution in [0.5, 0.6) is 5.75 Å². The van der Waals surface area contributed by atoms with Gasteiger partial charge < -0.3 is 23.7 Å². The van der Waals surface area contributed by atoms with Crippen LogP contribution < -0.4 is 4.74 Å². The third-order valence-electron chi connectivity index (χ3n) is 5.31. The van der Waals surface area contributed by atoms with Crippen molar-refractivity contribution >= 4 is 10.9 Å². The van der Waals surface area contributed by atoms with Crippen LogP contribution in [0.4, 0.5) is 0 Å². The fourth-order valence-electron chi connectivity index (χ4n) is 3.90. The molecule has 0 unspecified atom stereocenters. The van der Waals surface area contributed by atoms with E-state index in [4.69, 9.17) is 14.2 Å². The molecule has 0 bridgehead atoms. The third kappa shape index (κ3) is 4.00. The zero-order valence-corrected chi connectivity index (χ0v) is 15.0. The molecule has 1 aromatic heterocycles. The summed E-state index contributed by atoms with van der Waals surface area (Å²) in [5, 5.41) is 1.21. The summed E-state index contributed by atoms with van der Waals surface area (Å²) in [7, 11) is 2.07. The molecule has 136 valence electrons. The molecule has 4 rings (SSSR count). The average Bonchev–Trinajstić information content (AvgIpc) is 2.84. The average molecular weight is 344 g/mol. The van der Waals surface area contributed by atoms with Gasteiger partial charge in [-0.2, -0.15) is 0 Å². The van der Waals surface area contributed by atoms with Gasteiger partial charge in [0, 0.05) is 44.2 Å². The molecular formula is C20H28N2O3. The lowest BCUT2D eigenvalue weighted by Gasteiger charge is -2.34. The summed E-state index contributed by atoms with van der Waals surface area (Å²) in [5.41, 5.74) is 1.23. The zero-order chi connectivity index (χ0) is 17.1. The first kappa shape index (κ1) is 16.9. The van der Waals surface area contributed by atoms with Crippen LogP contribution in [0, 0.1) is 5.92 Å². The Morgan fingerprint density at radius 2 is 1.84 bits per heavy atom. The summed E-state index contributed by atoms with van der Waals surface area (Å²) in [5.74, 6) is 1.51. The van der Waals surface area contributed by atoms with Gasteiger partial charge in [0.05, 0.1) is 31.9 Å². The molecule has 25 heavy (non-hydrogen) atoms. The van der Waals surface area contributed by atoms with E-state index in [-0.39, 0.29) is 0 Å². The van der Waals surface area contributed by atoms with Crippen molar-refractivity contribution in [3.05, 3.63) is 30.5 Å². The van der Waals surface area contributed by atoms with E-state index < -0.39 is 0 Å².